The predicted molar refractivity (Wildman–Crippen MR) is 70.5 cm³/mol. The fourth-order valence-corrected chi connectivity index (χ4v) is 1.45. The van der Waals surface area contributed by atoms with Gasteiger partial charge in [0, 0.05) is 6.07 Å². The molecular weight excluding hydrogens is 246 g/mol. The topological polar surface area (TPSA) is 96.0 Å². The fourth-order valence-electron chi connectivity index (χ4n) is 1.45. The van der Waals surface area contributed by atoms with Crippen LogP contribution >= 0.6 is 0 Å². The van der Waals surface area contributed by atoms with Crippen LogP contribution in [0, 0.1) is 33.8 Å². The maximum atomic E-state index is 12.0. The van der Waals surface area contributed by atoms with E-state index in [9.17, 15) is 14.9 Å². The second-order valence-electron chi connectivity index (χ2n) is 4.53. The van der Waals surface area contributed by atoms with E-state index in [1.54, 1.807) is 19.9 Å². The van der Waals surface area contributed by atoms with Crippen molar-refractivity contribution in [1.82, 2.24) is 0 Å². The molecule has 0 aromatic heterocycles. The molecule has 0 aliphatic rings. The molecule has 1 amide bonds. The van der Waals surface area contributed by atoms with Gasteiger partial charge < -0.3 is 5.32 Å². The molecule has 0 radical (unpaired) electrons. The molecule has 19 heavy (non-hydrogen) atoms. The van der Waals surface area contributed by atoms with Crippen LogP contribution in [0.15, 0.2) is 18.2 Å². The molecule has 0 aliphatic carbocycles. The SMILES string of the molecule is CCC(C)(C#N)C(=O)Nc1ccc(C)cc1[N+](=O)[O-]. The molecule has 100 valence electrons. The Hall–Kier alpha value is -2.42. The maximum absolute atomic E-state index is 12.0. The molecule has 6 heteroatoms. The van der Waals surface area contributed by atoms with E-state index in [0.717, 1.165) is 5.56 Å². The van der Waals surface area contributed by atoms with Gasteiger partial charge in [0.1, 0.15) is 11.1 Å². The summed E-state index contributed by atoms with van der Waals surface area (Å²) in [5.74, 6) is -0.538. The standard InChI is InChI=1S/C13H15N3O3/c1-4-13(3,8-14)12(17)15-10-6-5-9(2)7-11(10)16(18)19/h5-7H,4H2,1-3H3,(H,15,17). The van der Waals surface area contributed by atoms with Crippen LogP contribution < -0.4 is 5.32 Å². The molecule has 1 rings (SSSR count). The number of hydrogen-bond donors (Lipinski definition) is 1. The highest BCUT2D eigenvalue weighted by Crippen LogP contribution is 2.28. The van der Waals surface area contributed by atoms with Crippen molar-refractivity contribution in [2.75, 3.05) is 5.32 Å². The van der Waals surface area contributed by atoms with Gasteiger partial charge in [0.25, 0.3) is 5.69 Å². The lowest BCUT2D eigenvalue weighted by atomic mass is 9.88. The van der Waals surface area contributed by atoms with Crippen LogP contribution in [0.3, 0.4) is 0 Å². The summed E-state index contributed by atoms with van der Waals surface area (Å²) >= 11 is 0. The summed E-state index contributed by atoms with van der Waals surface area (Å²) in [4.78, 5) is 22.4. The van der Waals surface area contributed by atoms with E-state index in [-0.39, 0.29) is 11.4 Å². The van der Waals surface area contributed by atoms with Crippen LogP contribution in [0.25, 0.3) is 0 Å². The van der Waals surface area contributed by atoms with Crippen LogP contribution in [0.4, 0.5) is 11.4 Å². The summed E-state index contributed by atoms with van der Waals surface area (Å²) in [5, 5.41) is 22.4. The second-order valence-corrected chi connectivity index (χ2v) is 4.53. The number of hydrogen-bond acceptors (Lipinski definition) is 4. The molecule has 1 aromatic carbocycles. The molecule has 6 nitrogen and oxygen atoms in total. The minimum Gasteiger partial charge on any atom is -0.319 e. The van der Waals surface area contributed by atoms with Crippen molar-refractivity contribution in [3.8, 4) is 6.07 Å². The van der Waals surface area contributed by atoms with Gasteiger partial charge in [0.2, 0.25) is 5.91 Å². The Morgan fingerprint density at radius 3 is 2.68 bits per heavy atom. The summed E-state index contributed by atoms with van der Waals surface area (Å²) in [6.45, 7) is 4.94. The van der Waals surface area contributed by atoms with E-state index in [1.165, 1.54) is 19.1 Å². The highest BCUT2D eigenvalue weighted by atomic mass is 16.6. The van der Waals surface area contributed by atoms with Gasteiger partial charge in [-0.25, -0.2) is 0 Å². The molecule has 0 aliphatic heterocycles. The number of nitrogens with zero attached hydrogens (tertiary/aromatic N) is 2. The number of amides is 1. The largest absolute Gasteiger partial charge is 0.319 e. The summed E-state index contributed by atoms with van der Waals surface area (Å²) in [5.41, 5.74) is -0.540. The van der Waals surface area contributed by atoms with Crippen molar-refractivity contribution in [3.63, 3.8) is 0 Å². The molecule has 0 spiro atoms. The second kappa shape index (κ2) is 5.48. The first-order chi connectivity index (χ1) is 8.84. The highest BCUT2D eigenvalue weighted by molar-refractivity contribution is 5.98. The first-order valence-corrected chi connectivity index (χ1v) is 5.82. The lowest BCUT2D eigenvalue weighted by Crippen LogP contribution is -2.31. The molecular formula is C13H15N3O3. The molecule has 0 saturated heterocycles. The average Bonchev–Trinajstić information content (AvgIpc) is 2.39. The Kier molecular flexibility index (Phi) is 4.22. The number of nitro benzene ring substituents is 1. The van der Waals surface area contributed by atoms with Gasteiger partial charge in [-0.05, 0) is 31.9 Å². The molecule has 1 N–H and O–H groups in total. The van der Waals surface area contributed by atoms with Gasteiger partial charge >= 0.3 is 0 Å². The van der Waals surface area contributed by atoms with Crippen molar-refractivity contribution in [1.29, 1.82) is 5.26 Å². The van der Waals surface area contributed by atoms with Crippen molar-refractivity contribution in [3.05, 3.63) is 33.9 Å². The van der Waals surface area contributed by atoms with Crippen LogP contribution in [-0.4, -0.2) is 10.8 Å². The molecule has 1 aromatic rings. The van der Waals surface area contributed by atoms with Gasteiger partial charge in [-0.15, -0.1) is 0 Å². The maximum Gasteiger partial charge on any atom is 0.293 e. The Morgan fingerprint density at radius 2 is 2.21 bits per heavy atom. The third-order valence-corrected chi connectivity index (χ3v) is 3.05. The summed E-state index contributed by atoms with van der Waals surface area (Å²) in [6, 6.07) is 6.44. The predicted octanol–water partition coefficient (Wildman–Crippen LogP) is 2.78. The minimum absolute atomic E-state index is 0.107. The number of nitriles is 1. The van der Waals surface area contributed by atoms with Gasteiger partial charge in [-0.2, -0.15) is 5.26 Å². The van der Waals surface area contributed by atoms with Crippen molar-refractivity contribution in [2.24, 2.45) is 5.41 Å². The Balaban J connectivity index is 3.11. The van der Waals surface area contributed by atoms with E-state index in [4.69, 9.17) is 5.26 Å². The third kappa shape index (κ3) is 3.07. The third-order valence-electron chi connectivity index (χ3n) is 3.05. The van der Waals surface area contributed by atoms with Crippen LogP contribution in [0.1, 0.15) is 25.8 Å². The number of carbonyl (C=O) groups excluding carboxylic acids is 1. The van der Waals surface area contributed by atoms with Gasteiger partial charge in [0.05, 0.1) is 11.0 Å². The molecule has 1 atom stereocenters. The van der Waals surface area contributed by atoms with E-state index in [0.29, 0.717) is 6.42 Å². The molecule has 0 heterocycles. The molecule has 0 bridgehead atoms. The van der Waals surface area contributed by atoms with Crippen molar-refractivity contribution >= 4 is 17.3 Å². The van der Waals surface area contributed by atoms with E-state index in [2.05, 4.69) is 5.32 Å². The number of nitro groups is 1. The zero-order chi connectivity index (χ0) is 14.6. The van der Waals surface area contributed by atoms with Crippen molar-refractivity contribution < 1.29 is 9.72 Å². The minimum atomic E-state index is -1.20. The van der Waals surface area contributed by atoms with Gasteiger partial charge in [0.15, 0.2) is 0 Å². The smallest absolute Gasteiger partial charge is 0.293 e. The molecule has 0 fully saturated rings. The van der Waals surface area contributed by atoms with E-state index < -0.39 is 16.2 Å². The Bertz CT molecular complexity index is 563. The van der Waals surface area contributed by atoms with Gasteiger partial charge in [-0.1, -0.05) is 13.0 Å². The zero-order valence-electron chi connectivity index (χ0n) is 11.1. The van der Waals surface area contributed by atoms with Crippen LogP contribution in [0.2, 0.25) is 0 Å². The number of anilines is 1. The van der Waals surface area contributed by atoms with E-state index in [1.807, 2.05) is 6.07 Å². The summed E-state index contributed by atoms with van der Waals surface area (Å²) in [7, 11) is 0. The molecule has 0 saturated carbocycles. The lowest BCUT2D eigenvalue weighted by molar-refractivity contribution is -0.384. The van der Waals surface area contributed by atoms with Crippen LogP contribution in [-0.2, 0) is 4.79 Å². The molecule has 1 unspecified atom stereocenters. The number of nitrogens with one attached hydrogen (secondary N) is 1. The Labute approximate surface area is 111 Å². The number of rotatable bonds is 4. The summed E-state index contributed by atoms with van der Waals surface area (Å²) in [6.07, 6.45) is 0.328. The monoisotopic (exact) mass is 261 g/mol. The first kappa shape index (κ1) is 14.6. The average molecular weight is 261 g/mol. The number of carbonyl (C=O) groups is 1. The normalized spacial score (nSPS) is 13.2. The summed E-state index contributed by atoms with van der Waals surface area (Å²) < 4.78 is 0. The Morgan fingerprint density at radius 1 is 1.58 bits per heavy atom. The zero-order valence-corrected chi connectivity index (χ0v) is 11.1. The first-order valence-electron chi connectivity index (χ1n) is 5.82. The number of benzene rings is 1. The van der Waals surface area contributed by atoms with Crippen LogP contribution in [0.5, 0.6) is 0 Å². The quantitative estimate of drug-likeness (QED) is 0.665. The fraction of sp³-hybridized carbons (Fsp3) is 0.385. The van der Waals surface area contributed by atoms with Crippen molar-refractivity contribution in [2.45, 2.75) is 27.2 Å². The highest BCUT2D eigenvalue weighted by Gasteiger charge is 2.32. The lowest BCUT2D eigenvalue weighted by Gasteiger charge is -2.18. The van der Waals surface area contributed by atoms with E-state index >= 15 is 0 Å². The van der Waals surface area contributed by atoms with Gasteiger partial charge in [-0.3, -0.25) is 14.9 Å². The number of aryl methyl sites for hydroxylation is 1.